The van der Waals surface area contributed by atoms with Crippen molar-refractivity contribution in [1.82, 2.24) is 0 Å². The summed E-state index contributed by atoms with van der Waals surface area (Å²) in [6.07, 6.45) is 0.336. The third-order valence-electron chi connectivity index (χ3n) is 0.0825. The van der Waals surface area contributed by atoms with Crippen LogP contribution in [-0.4, -0.2) is 0 Å². The smallest absolute Gasteiger partial charge is 0.0375 e. The van der Waals surface area contributed by atoms with Crippen molar-refractivity contribution in [2.24, 2.45) is 4.88 Å². The van der Waals surface area contributed by atoms with E-state index >= 15 is 0 Å². The fourth-order valence-corrected chi connectivity index (χ4v) is 0.340. The highest BCUT2D eigenvalue weighted by atomic mass is 127. The standard InChI is InChI=1S/HIN3P/c1-5-4-3-2/h5H. The van der Waals surface area contributed by atoms with Crippen molar-refractivity contribution in [1.29, 1.82) is 0 Å². The van der Waals surface area contributed by atoms with Crippen LogP contribution in [-0.2, 0) is 0 Å². The number of halogens is 1. The van der Waals surface area contributed by atoms with Gasteiger partial charge in [0.25, 0.3) is 0 Å². The van der Waals surface area contributed by atoms with Crippen LogP contribution < -0.4 is 0 Å². The summed E-state index contributed by atoms with van der Waals surface area (Å²) in [4.78, 5) is 5.65. The Hall–Kier alpha value is 0.470. The highest BCUT2D eigenvalue weighted by Crippen LogP contribution is 2.20. The molecule has 0 heterocycles. The zero-order chi connectivity index (χ0) is 4.12. The van der Waals surface area contributed by atoms with E-state index in [1.807, 2.05) is 22.0 Å². The average Bonchev–Trinajstić information content (AvgIpc) is 1.41. The van der Waals surface area contributed by atoms with E-state index < -0.39 is 0 Å². The molecule has 0 rings (SSSR count). The number of rotatable bonds is 1. The lowest BCUT2D eigenvalue weighted by atomic mass is 13.0. The molecular formula is HIN3P. The van der Waals surface area contributed by atoms with Gasteiger partial charge in [-0.2, -0.15) is 0 Å². The Kier molecular flexibility index (Phi) is 4.89. The van der Waals surface area contributed by atoms with Crippen molar-refractivity contribution in [2.75, 3.05) is 0 Å². The quantitative estimate of drug-likeness (QED) is 0.205. The van der Waals surface area contributed by atoms with Crippen LogP contribution in [0.4, 0.5) is 0 Å². The van der Waals surface area contributed by atoms with E-state index in [0.717, 1.165) is 0 Å². The Labute approximate surface area is 44.1 Å². The molecular weight excluding hydrogens is 200 g/mol. The molecule has 3 nitrogen and oxygen atoms in total. The van der Waals surface area contributed by atoms with E-state index in [1.54, 1.807) is 0 Å². The maximum Gasteiger partial charge on any atom is 0.0375 e. The SMILES string of the molecule is [N-]=[N+]=NPI. The molecule has 0 aromatic rings. The minimum Gasteiger partial charge on any atom is -0.0650 e. The van der Waals surface area contributed by atoms with Gasteiger partial charge < -0.3 is 0 Å². The van der Waals surface area contributed by atoms with Crippen LogP contribution in [0.15, 0.2) is 4.88 Å². The maximum absolute atomic E-state index is 7.53. The van der Waals surface area contributed by atoms with Crippen LogP contribution in [0.3, 0.4) is 0 Å². The first-order valence-electron chi connectivity index (χ1n) is 0.813. The highest BCUT2D eigenvalue weighted by Gasteiger charge is 1.53. The predicted molar refractivity (Wildman–Crippen MR) is 31.5 cm³/mol. The van der Waals surface area contributed by atoms with Gasteiger partial charge in [0.2, 0.25) is 0 Å². The second kappa shape index (κ2) is 4.47. The van der Waals surface area contributed by atoms with Crippen LogP contribution in [0.25, 0.3) is 10.4 Å². The van der Waals surface area contributed by atoms with Crippen LogP contribution in [0, 0.1) is 0 Å². The largest absolute Gasteiger partial charge is 0.0650 e. The van der Waals surface area contributed by atoms with E-state index in [2.05, 4.69) is 9.80 Å². The highest BCUT2D eigenvalue weighted by molar-refractivity contribution is 14.2. The van der Waals surface area contributed by atoms with E-state index in [0.29, 0.717) is 6.37 Å². The first-order valence-corrected chi connectivity index (χ1v) is 4.87. The Bertz CT molecular complexity index is 53.9. The molecule has 0 fully saturated rings. The normalized spacial score (nSPS) is 8.20. The Morgan fingerprint density at radius 3 is 2.60 bits per heavy atom. The fourth-order valence-electron chi connectivity index (χ4n) is 0.0169. The van der Waals surface area contributed by atoms with Gasteiger partial charge in [0.1, 0.15) is 0 Å². The molecule has 0 aliphatic heterocycles. The molecule has 0 spiro atoms. The summed E-state index contributed by atoms with van der Waals surface area (Å²) >= 11 is 1.99. The average molecular weight is 201 g/mol. The number of nitrogens with zero attached hydrogens (tertiary/aromatic N) is 3. The first-order chi connectivity index (χ1) is 2.41. The molecule has 28 valence electrons. The van der Waals surface area contributed by atoms with Crippen LogP contribution in [0.1, 0.15) is 0 Å². The maximum atomic E-state index is 7.53. The Morgan fingerprint density at radius 2 is 2.60 bits per heavy atom. The van der Waals surface area contributed by atoms with Gasteiger partial charge in [-0.1, -0.05) is 26.9 Å². The number of hydrogen-bond donors (Lipinski definition) is 0. The predicted octanol–water partition coefficient (Wildman–Crippen LogP) is 2.24. The molecule has 0 amide bonds. The molecule has 1 atom stereocenters. The van der Waals surface area contributed by atoms with Crippen LogP contribution in [0.2, 0.25) is 0 Å². The second-order valence-electron chi connectivity index (χ2n) is 0.274. The second-order valence-corrected chi connectivity index (χ2v) is 2.09. The minimum absolute atomic E-state index is 0.336. The van der Waals surface area contributed by atoms with Gasteiger partial charge in [-0.15, -0.1) is 0 Å². The van der Waals surface area contributed by atoms with Gasteiger partial charge in [-0.25, -0.2) is 0 Å². The summed E-state index contributed by atoms with van der Waals surface area (Å²) in [6, 6.07) is 0. The van der Waals surface area contributed by atoms with Crippen LogP contribution in [0.5, 0.6) is 0 Å². The molecule has 5 heavy (non-hydrogen) atoms. The lowest BCUT2D eigenvalue weighted by Gasteiger charge is -1.55. The fraction of sp³-hybridized carbons (Fsp3) is 0. The summed E-state index contributed by atoms with van der Waals surface area (Å²) in [6.45, 7) is 0. The van der Waals surface area contributed by atoms with E-state index in [4.69, 9.17) is 5.53 Å². The first kappa shape index (κ1) is 5.47. The molecule has 0 aliphatic rings. The lowest BCUT2D eigenvalue weighted by molar-refractivity contribution is 1.82. The molecule has 1 unspecified atom stereocenters. The van der Waals surface area contributed by atoms with Gasteiger partial charge in [-0.05, 0) is 5.53 Å². The molecule has 0 N–H and O–H groups in total. The van der Waals surface area contributed by atoms with Crippen molar-refractivity contribution < 1.29 is 0 Å². The zero-order valence-corrected chi connectivity index (χ0v) is 5.38. The van der Waals surface area contributed by atoms with E-state index in [9.17, 15) is 0 Å². The van der Waals surface area contributed by atoms with Crippen molar-refractivity contribution >= 4 is 28.4 Å². The van der Waals surface area contributed by atoms with Gasteiger partial charge in [0.05, 0.1) is 0 Å². The molecule has 0 saturated heterocycles. The zero-order valence-electron chi connectivity index (χ0n) is 2.22. The minimum atomic E-state index is 0.336. The summed E-state index contributed by atoms with van der Waals surface area (Å²) in [5.74, 6) is 0. The monoisotopic (exact) mass is 201 g/mol. The lowest BCUT2D eigenvalue weighted by Crippen LogP contribution is -1.05. The van der Waals surface area contributed by atoms with E-state index in [-0.39, 0.29) is 0 Å². The summed E-state index contributed by atoms with van der Waals surface area (Å²) in [7, 11) is 0. The molecule has 0 radical (unpaired) electrons. The van der Waals surface area contributed by atoms with Crippen molar-refractivity contribution in [3.8, 4) is 0 Å². The summed E-state index contributed by atoms with van der Waals surface area (Å²) in [5, 5.41) is 0. The molecule has 0 saturated carbocycles. The van der Waals surface area contributed by atoms with Gasteiger partial charge in [0.15, 0.2) is 0 Å². The molecule has 0 aromatic carbocycles. The van der Waals surface area contributed by atoms with E-state index in [1.165, 1.54) is 0 Å². The van der Waals surface area contributed by atoms with Gasteiger partial charge >= 0.3 is 0 Å². The van der Waals surface area contributed by atoms with Crippen LogP contribution >= 0.6 is 28.4 Å². The molecule has 0 aromatic heterocycles. The summed E-state index contributed by atoms with van der Waals surface area (Å²) < 4.78 is 0. The van der Waals surface area contributed by atoms with Crippen molar-refractivity contribution in [3.63, 3.8) is 0 Å². The third kappa shape index (κ3) is 4.47. The van der Waals surface area contributed by atoms with Gasteiger partial charge in [-0.3, -0.25) is 0 Å². The Balaban J connectivity index is 2.93. The molecule has 5 heteroatoms. The summed E-state index contributed by atoms with van der Waals surface area (Å²) in [5.41, 5.74) is 7.53. The molecule has 0 aliphatic carbocycles. The topological polar surface area (TPSA) is 48.8 Å². The third-order valence-corrected chi connectivity index (χ3v) is 0.895. The number of azide groups is 1. The molecule has 0 bridgehead atoms. The number of hydrogen-bond acceptors (Lipinski definition) is 1. The van der Waals surface area contributed by atoms with Crippen molar-refractivity contribution in [2.45, 2.75) is 0 Å². The van der Waals surface area contributed by atoms with Gasteiger partial charge in [0, 0.05) is 11.3 Å². The van der Waals surface area contributed by atoms with Crippen molar-refractivity contribution in [3.05, 3.63) is 10.4 Å². The Morgan fingerprint density at radius 1 is 2.00 bits per heavy atom.